The van der Waals surface area contributed by atoms with E-state index in [1.165, 1.54) is 10.2 Å². The van der Waals surface area contributed by atoms with Crippen LogP contribution in [-0.4, -0.2) is 27.9 Å². The van der Waals surface area contributed by atoms with Gasteiger partial charge in [-0.25, -0.2) is 4.68 Å². The number of primary amides is 1. The van der Waals surface area contributed by atoms with E-state index in [0.29, 0.717) is 18.4 Å². The first-order chi connectivity index (χ1) is 13.9. The number of benzene rings is 2. The number of aryl methyl sites for hydroxylation is 2. The van der Waals surface area contributed by atoms with Crippen LogP contribution in [0.25, 0.3) is 10.8 Å². The fourth-order valence-electron chi connectivity index (χ4n) is 3.32. The van der Waals surface area contributed by atoms with Gasteiger partial charge in [-0.15, -0.1) is 0 Å². The Hall–Kier alpha value is -2.99. The van der Waals surface area contributed by atoms with Crippen molar-refractivity contribution in [2.75, 3.05) is 0 Å². The van der Waals surface area contributed by atoms with Gasteiger partial charge in [-0.2, -0.15) is 5.10 Å². The minimum absolute atomic E-state index is 0.0545. The molecule has 0 aliphatic heterocycles. The lowest BCUT2D eigenvalue weighted by atomic mass is 10.0. The van der Waals surface area contributed by atoms with E-state index in [1.54, 1.807) is 6.20 Å². The van der Waals surface area contributed by atoms with Crippen LogP contribution in [0.1, 0.15) is 31.4 Å². The maximum atomic E-state index is 12.5. The number of hydrogen-bond donors (Lipinski definition) is 1. The first-order valence-corrected chi connectivity index (χ1v) is 9.91. The summed E-state index contributed by atoms with van der Waals surface area (Å²) in [7, 11) is 0. The van der Waals surface area contributed by atoms with Crippen molar-refractivity contribution in [3.63, 3.8) is 0 Å². The maximum absolute atomic E-state index is 12.5. The van der Waals surface area contributed by atoms with Crippen molar-refractivity contribution in [3.05, 3.63) is 76.2 Å². The second-order valence-corrected chi connectivity index (χ2v) is 7.46. The van der Waals surface area contributed by atoms with Crippen LogP contribution < -0.4 is 11.3 Å². The van der Waals surface area contributed by atoms with Gasteiger partial charge in [0.05, 0.1) is 17.7 Å². The highest BCUT2D eigenvalue weighted by atomic mass is 16.5. The van der Waals surface area contributed by atoms with Gasteiger partial charge < -0.3 is 10.5 Å². The lowest BCUT2D eigenvalue weighted by Gasteiger charge is -2.17. The van der Waals surface area contributed by atoms with Crippen molar-refractivity contribution < 1.29 is 9.53 Å². The molecule has 6 heteroatoms. The van der Waals surface area contributed by atoms with Crippen molar-refractivity contribution in [2.24, 2.45) is 5.73 Å². The maximum Gasteiger partial charge on any atom is 0.274 e. The number of fused-ring (bicyclic) bond motifs is 1. The summed E-state index contributed by atoms with van der Waals surface area (Å²) < 4.78 is 7.11. The van der Waals surface area contributed by atoms with Gasteiger partial charge in [-0.05, 0) is 43.9 Å². The van der Waals surface area contributed by atoms with E-state index >= 15 is 0 Å². The number of hydrogen-bond acceptors (Lipinski definition) is 4. The van der Waals surface area contributed by atoms with E-state index in [4.69, 9.17) is 10.5 Å². The zero-order valence-corrected chi connectivity index (χ0v) is 16.9. The second kappa shape index (κ2) is 9.47. The van der Waals surface area contributed by atoms with E-state index in [9.17, 15) is 9.59 Å². The molecular weight excluding hydrogens is 366 g/mol. The average molecular weight is 393 g/mol. The Balaban J connectivity index is 1.57. The first kappa shape index (κ1) is 20.7. The predicted octanol–water partition coefficient (Wildman–Crippen LogP) is 2.85. The van der Waals surface area contributed by atoms with Gasteiger partial charge in [0, 0.05) is 18.4 Å². The zero-order valence-electron chi connectivity index (χ0n) is 16.9. The summed E-state index contributed by atoms with van der Waals surface area (Å²) >= 11 is 0. The fourth-order valence-corrected chi connectivity index (χ4v) is 3.32. The van der Waals surface area contributed by atoms with Crippen LogP contribution in [0.3, 0.4) is 0 Å². The summed E-state index contributed by atoms with van der Waals surface area (Å²) in [6, 6.07) is 15.6. The average Bonchev–Trinajstić information content (AvgIpc) is 2.70. The van der Waals surface area contributed by atoms with Crippen molar-refractivity contribution in [1.82, 2.24) is 9.78 Å². The van der Waals surface area contributed by atoms with E-state index in [1.807, 2.05) is 62.4 Å². The molecule has 0 bridgehead atoms. The molecule has 0 radical (unpaired) electrons. The van der Waals surface area contributed by atoms with Crippen molar-refractivity contribution in [3.8, 4) is 0 Å². The number of rotatable bonds is 9. The molecule has 1 amide bonds. The summed E-state index contributed by atoms with van der Waals surface area (Å²) in [4.78, 5) is 24.1. The van der Waals surface area contributed by atoms with Gasteiger partial charge in [-0.3, -0.25) is 9.59 Å². The molecule has 152 valence electrons. The predicted molar refractivity (Wildman–Crippen MR) is 114 cm³/mol. The van der Waals surface area contributed by atoms with Crippen LogP contribution in [0.5, 0.6) is 0 Å². The molecule has 6 nitrogen and oxygen atoms in total. The molecule has 2 N–H and O–H groups in total. The normalized spacial score (nSPS) is 12.4. The molecule has 1 heterocycles. The van der Waals surface area contributed by atoms with Crippen molar-refractivity contribution >= 4 is 16.7 Å². The number of amides is 1. The first-order valence-electron chi connectivity index (χ1n) is 9.91. The lowest BCUT2D eigenvalue weighted by Crippen LogP contribution is -2.35. The molecule has 3 rings (SSSR count). The third kappa shape index (κ3) is 5.51. The van der Waals surface area contributed by atoms with Crippen LogP contribution in [-0.2, 0) is 28.9 Å². The highest BCUT2D eigenvalue weighted by molar-refractivity contribution is 5.80. The molecule has 0 aliphatic carbocycles. The fraction of sp³-hybridized carbons (Fsp3) is 0.348. The highest BCUT2D eigenvalue weighted by Gasteiger charge is 2.18. The summed E-state index contributed by atoms with van der Waals surface area (Å²) in [6.45, 7) is 4.33. The monoisotopic (exact) mass is 393 g/mol. The van der Waals surface area contributed by atoms with Gasteiger partial charge in [0.1, 0.15) is 6.10 Å². The van der Waals surface area contributed by atoms with Crippen LogP contribution in [0, 0.1) is 0 Å². The topological polar surface area (TPSA) is 87.2 Å². The number of carbonyl (C=O) groups is 1. The molecule has 1 unspecified atom stereocenters. The van der Waals surface area contributed by atoms with E-state index < -0.39 is 12.0 Å². The van der Waals surface area contributed by atoms with Crippen molar-refractivity contribution in [2.45, 2.75) is 51.9 Å². The Labute approximate surface area is 170 Å². The number of aromatic nitrogens is 2. The molecule has 1 atom stereocenters. The van der Waals surface area contributed by atoms with Crippen LogP contribution in [0.4, 0.5) is 0 Å². The lowest BCUT2D eigenvalue weighted by molar-refractivity contribution is -0.132. The molecule has 0 aliphatic rings. The van der Waals surface area contributed by atoms with Gasteiger partial charge in [0.2, 0.25) is 5.91 Å². The zero-order chi connectivity index (χ0) is 20.8. The molecule has 1 aromatic heterocycles. The van der Waals surface area contributed by atoms with Crippen LogP contribution in [0.2, 0.25) is 0 Å². The van der Waals surface area contributed by atoms with Gasteiger partial charge >= 0.3 is 0 Å². The van der Waals surface area contributed by atoms with Gasteiger partial charge in [0.25, 0.3) is 5.56 Å². The Bertz CT molecular complexity index is 1030. The number of nitrogens with two attached hydrogens (primary N) is 1. The summed E-state index contributed by atoms with van der Waals surface area (Å²) in [5.74, 6) is -0.448. The molecule has 3 aromatic rings. The number of carbonyl (C=O) groups excluding carboxylic acids is 1. The molecule has 0 saturated heterocycles. The third-order valence-corrected chi connectivity index (χ3v) is 4.80. The molecule has 29 heavy (non-hydrogen) atoms. The Morgan fingerprint density at radius 1 is 1.10 bits per heavy atom. The Morgan fingerprint density at radius 3 is 2.48 bits per heavy atom. The molecule has 2 aromatic carbocycles. The van der Waals surface area contributed by atoms with E-state index in [2.05, 4.69) is 5.10 Å². The summed E-state index contributed by atoms with van der Waals surface area (Å²) in [5.41, 5.74) is 7.55. The highest BCUT2D eigenvalue weighted by Crippen LogP contribution is 2.12. The molecular formula is C23H27N3O3. The van der Waals surface area contributed by atoms with E-state index in [-0.39, 0.29) is 11.7 Å². The van der Waals surface area contributed by atoms with Crippen LogP contribution in [0.15, 0.2) is 59.5 Å². The van der Waals surface area contributed by atoms with Gasteiger partial charge in [-0.1, -0.05) is 42.5 Å². The molecule has 0 spiro atoms. The largest absolute Gasteiger partial charge is 0.367 e. The third-order valence-electron chi connectivity index (χ3n) is 4.80. The molecule has 0 saturated carbocycles. The molecule has 0 fully saturated rings. The van der Waals surface area contributed by atoms with Crippen LogP contribution >= 0.6 is 0 Å². The van der Waals surface area contributed by atoms with Crippen molar-refractivity contribution in [1.29, 1.82) is 0 Å². The standard InChI is InChI=1S/C23H27N3O3/c1-16(2)29-21(22(24)27)14-18-11-9-17(10-12-18)6-5-13-26-23(28)20-8-4-3-7-19(20)15-25-26/h3-4,7-12,15-16,21H,5-6,13-14H2,1-2H3,(H2,24,27). The second-order valence-electron chi connectivity index (χ2n) is 7.46. The summed E-state index contributed by atoms with van der Waals surface area (Å²) in [6.07, 6.45) is 3.17. The van der Waals surface area contributed by atoms with E-state index in [0.717, 1.165) is 23.8 Å². The minimum atomic E-state index is -0.619. The SMILES string of the molecule is CC(C)OC(Cc1ccc(CCCn2ncc3ccccc3c2=O)cc1)C(N)=O. The Kier molecular flexibility index (Phi) is 6.77. The number of ether oxygens (including phenoxy) is 1. The number of nitrogens with zero attached hydrogens (tertiary/aromatic N) is 2. The smallest absolute Gasteiger partial charge is 0.274 e. The minimum Gasteiger partial charge on any atom is -0.367 e. The Morgan fingerprint density at radius 2 is 1.79 bits per heavy atom. The van der Waals surface area contributed by atoms with Gasteiger partial charge in [0.15, 0.2) is 0 Å². The quantitative estimate of drug-likeness (QED) is 0.606. The summed E-state index contributed by atoms with van der Waals surface area (Å²) in [5, 5.41) is 5.83.